The Balaban J connectivity index is 0.00000576. The Bertz CT molecular complexity index is 620. The maximum Gasteiger partial charge on any atom is 0.242 e. The van der Waals surface area contributed by atoms with Crippen molar-refractivity contribution in [3.63, 3.8) is 0 Å². The van der Waals surface area contributed by atoms with Crippen molar-refractivity contribution < 1.29 is 8.42 Å². The van der Waals surface area contributed by atoms with Crippen LogP contribution in [-0.4, -0.2) is 58.4 Å². The van der Waals surface area contributed by atoms with Crippen LogP contribution in [0.3, 0.4) is 0 Å². The predicted octanol–water partition coefficient (Wildman–Crippen LogP) is 2.36. The standard InChI is InChI=1S/C16H28N4O2S2.HI/c1-17-16(18-11-5-6-12-23-4)19-13-14-7-9-15(10-8-14)24(21,22)20(2)3;/h7-10H,5-6,11-13H2,1-4H3,(H2,17,18,19);1H. The zero-order valence-corrected chi connectivity index (χ0v) is 19.2. The Kier molecular flexibility index (Phi) is 12.5. The minimum atomic E-state index is -3.37. The molecule has 0 spiro atoms. The first-order chi connectivity index (χ1) is 11.4. The number of nitrogens with zero attached hydrogens (tertiary/aromatic N) is 2. The molecule has 0 saturated carbocycles. The van der Waals surface area contributed by atoms with E-state index in [0.717, 1.165) is 24.5 Å². The van der Waals surface area contributed by atoms with E-state index in [1.54, 1.807) is 19.2 Å². The number of halogens is 1. The Hall–Kier alpha value is -0.520. The molecule has 0 bridgehead atoms. The molecule has 25 heavy (non-hydrogen) atoms. The molecule has 0 aliphatic heterocycles. The molecule has 0 amide bonds. The van der Waals surface area contributed by atoms with Crippen LogP contribution in [-0.2, 0) is 16.6 Å². The van der Waals surface area contributed by atoms with Crippen molar-refractivity contribution in [1.29, 1.82) is 0 Å². The Morgan fingerprint density at radius 2 is 1.80 bits per heavy atom. The molecule has 0 aliphatic carbocycles. The minimum Gasteiger partial charge on any atom is -0.356 e. The third-order valence-electron chi connectivity index (χ3n) is 3.45. The molecule has 0 aromatic heterocycles. The smallest absolute Gasteiger partial charge is 0.242 e. The topological polar surface area (TPSA) is 73.8 Å². The lowest BCUT2D eigenvalue weighted by Gasteiger charge is -2.13. The van der Waals surface area contributed by atoms with Crippen LogP contribution < -0.4 is 10.6 Å². The van der Waals surface area contributed by atoms with E-state index in [1.807, 2.05) is 23.9 Å². The summed E-state index contributed by atoms with van der Waals surface area (Å²) in [5.41, 5.74) is 0.998. The molecule has 0 saturated heterocycles. The lowest BCUT2D eigenvalue weighted by atomic mass is 10.2. The second kappa shape index (κ2) is 12.8. The van der Waals surface area contributed by atoms with Gasteiger partial charge in [0, 0.05) is 34.2 Å². The molecule has 2 N–H and O–H groups in total. The van der Waals surface area contributed by atoms with Gasteiger partial charge in [-0.2, -0.15) is 11.8 Å². The van der Waals surface area contributed by atoms with Crippen molar-refractivity contribution >= 4 is 51.7 Å². The van der Waals surface area contributed by atoms with E-state index < -0.39 is 10.0 Å². The van der Waals surface area contributed by atoms with E-state index in [2.05, 4.69) is 21.9 Å². The van der Waals surface area contributed by atoms with Gasteiger partial charge >= 0.3 is 0 Å². The number of benzene rings is 1. The van der Waals surface area contributed by atoms with Crippen molar-refractivity contribution in [3.05, 3.63) is 29.8 Å². The molecule has 6 nitrogen and oxygen atoms in total. The summed E-state index contributed by atoms with van der Waals surface area (Å²) in [6.45, 7) is 1.48. The van der Waals surface area contributed by atoms with E-state index in [-0.39, 0.29) is 24.0 Å². The van der Waals surface area contributed by atoms with E-state index >= 15 is 0 Å². The number of unbranched alkanes of at least 4 members (excludes halogenated alkanes) is 1. The Morgan fingerprint density at radius 1 is 1.16 bits per heavy atom. The number of hydrogen-bond acceptors (Lipinski definition) is 4. The largest absolute Gasteiger partial charge is 0.356 e. The summed E-state index contributed by atoms with van der Waals surface area (Å²) in [6, 6.07) is 6.89. The molecular weight excluding hydrogens is 471 g/mol. The van der Waals surface area contributed by atoms with Gasteiger partial charge in [-0.1, -0.05) is 12.1 Å². The van der Waals surface area contributed by atoms with Crippen LogP contribution in [0, 0.1) is 0 Å². The van der Waals surface area contributed by atoms with Gasteiger partial charge in [-0.3, -0.25) is 4.99 Å². The molecule has 0 aliphatic rings. The van der Waals surface area contributed by atoms with Gasteiger partial charge in [-0.15, -0.1) is 24.0 Å². The van der Waals surface area contributed by atoms with Crippen LogP contribution in [0.4, 0.5) is 0 Å². The van der Waals surface area contributed by atoms with Gasteiger partial charge in [0.1, 0.15) is 0 Å². The fourth-order valence-electron chi connectivity index (χ4n) is 1.97. The fourth-order valence-corrected chi connectivity index (χ4v) is 3.37. The fraction of sp³-hybridized carbons (Fsp3) is 0.562. The van der Waals surface area contributed by atoms with E-state index in [0.29, 0.717) is 11.4 Å². The van der Waals surface area contributed by atoms with E-state index in [1.165, 1.54) is 30.6 Å². The van der Waals surface area contributed by atoms with Crippen molar-refractivity contribution in [2.45, 2.75) is 24.3 Å². The molecule has 144 valence electrons. The third-order valence-corrected chi connectivity index (χ3v) is 5.98. The van der Waals surface area contributed by atoms with Gasteiger partial charge in [0.05, 0.1) is 4.90 Å². The SMILES string of the molecule is CN=C(NCCCCSC)NCc1ccc(S(=O)(=O)N(C)C)cc1.I. The summed E-state index contributed by atoms with van der Waals surface area (Å²) in [7, 11) is 1.42. The Morgan fingerprint density at radius 3 is 2.32 bits per heavy atom. The summed E-state index contributed by atoms with van der Waals surface area (Å²) in [4.78, 5) is 4.49. The van der Waals surface area contributed by atoms with Crippen LogP contribution in [0.1, 0.15) is 18.4 Å². The number of hydrogen-bond donors (Lipinski definition) is 2. The molecule has 9 heteroatoms. The second-order valence-corrected chi connectivity index (χ2v) is 8.62. The summed E-state index contributed by atoms with van der Waals surface area (Å²) in [5, 5.41) is 6.51. The molecule has 1 rings (SSSR count). The maximum atomic E-state index is 12.0. The number of thioether (sulfide) groups is 1. The van der Waals surface area contributed by atoms with Crippen LogP contribution >= 0.6 is 35.7 Å². The van der Waals surface area contributed by atoms with E-state index in [4.69, 9.17) is 0 Å². The van der Waals surface area contributed by atoms with Crippen molar-refractivity contribution in [1.82, 2.24) is 14.9 Å². The highest BCUT2D eigenvalue weighted by Gasteiger charge is 2.16. The summed E-state index contributed by atoms with van der Waals surface area (Å²) < 4.78 is 25.3. The molecule has 0 unspecified atom stereocenters. The van der Waals surface area contributed by atoms with Gasteiger partial charge in [0.25, 0.3) is 0 Å². The lowest BCUT2D eigenvalue weighted by Crippen LogP contribution is -2.37. The van der Waals surface area contributed by atoms with Gasteiger partial charge in [-0.05, 0) is 42.5 Å². The molecule has 0 atom stereocenters. The predicted molar refractivity (Wildman–Crippen MR) is 119 cm³/mol. The monoisotopic (exact) mass is 500 g/mol. The molecular formula is C16H29IN4O2S2. The number of nitrogens with one attached hydrogen (secondary N) is 2. The zero-order valence-electron chi connectivity index (χ0n) is 15.3. The highest BCUT2D eigenvalue weighted by molar-refractivity contribution is 14.0. The maximum absolute atomic E-state index is 12.0. The third kappa shape index (κ3) is 8.61. The van der Waals surface area contributed by atoms with Crippen LogP contribution in [0.25, 0.3) is 0 Å². The Labute approximate surface area is 173 Å². The van der Waals surface area contributed by atoms with Crippen LogP contribution in [0.5, 0.6) is 0 Å². The van der Waals surface area contributed by atoms with Crippen LogP contribution in [0.15, 0.2) is 34.2 Å². The van der Waals surface area contributed by atoms with E-state index in [9.17, 15) is 8.42 Å². The molecule has 0 radical (unpaired) electrons. The molecule has 1 aromatic carbocycles. The minimum absolute atomic E-state index is 0. The summed E-state index contributed by atoms with van der Waals surface area (Å²) >= 11 is 1.86. The van der Waals surface area contributed by atoms with Crippen molar-refractivity contribution in [2.24, 2.45) is 4.99 Å². The molecule has 0 fully saturated rings. The zero-order chi connectivity index (χ0) is 18.0. The normalized spacial score (nSPS) is 12.0. The van der Waals surface area contributed by atoms with Gasteiger partial charge < -0.3 is 10.6 Å². The molecule has 0 heterocycles. The summed E-state index contributed by atoms with van der Waals surface area (Å²) in [6.07, 6.45) is 4.41. The first-order valence-corrected chi connectivity index (χ1v) is 10.7. The first-order valence-electron chi connectivity index (χ1n) is 7.86. The lowest BCUT2D eigenvalue weighted by molar-refractivity contribution is 0.520. The van der Waals surface area contributed by atoms with Crippen LogP contribution in [0.2, 0.25) is 0 Å². The molecule has 1 aromatic rings. The first kappa shape index (κ1) is 24.5. The number of sulfonamides is 1. The average Bonchev–Trinajstić information content (AvgIpc) is 2.57. The summed E-state index contributed by atoms with van der Waals surface area (Å²) in [5.74, 6) is 1.93. The van der Waals surface area contributed by atoms with Crippen molar-refractivity contribution in [2.75, 3.05) is 39.7 Å². The van der Waals surface area contributed by atoms with Gasteiger partial charge in [-0.25, -0.2) is 12.7 Å². The quantitative estimate of drug-likeness (QED) is 0.236. The number of aliphatic imine (C=N–C) groups is 1. The number of guanidine groups is 1. The van der Waals surface area contributed by atoms with Gasteiger partial charge in [0.15, 0.2) is 5.96 Å². The van der Waals surface area contributed by atoms with Gasteiger partial charge in [0.2, 0.25) is 10.0 Å². The second-order valence-electron chi connectivity index (χ2n) is 5.48. The highest BCUT2D eigenvalue weighted by atomic mass is 127. The highest BCUT2D eigenvalue weighted by Crippen LogP contribution is 2.13. The average molecular weight is 500 g/mol. The van der Waals surface area contributed by atoms with Crippen molar-refractivity contribution in [3.8, 4) is 0 Å². The number of rotatable bonds is 9.